The van der Waals surface area contributed by atoms with Gasteiger partial charge in [-0.1, -0.05) is 18.2 Å². The van der Waals surface area contributed by atoms with Crippen molar-refractivity contribution < 1.29 is 9.47 Å². The number of benzene rings is 2. The Morgan fingerprint density at radius 2 is 2.00 bits per heavy atom. The zero-order chi connectivity index (χ0) is 16.1. The first-order chi connectivity index (χ1) is 11.3. The van der Waals surface area contributed by atoms with E-state index >= 15 is 0 Å². The van der Waals surface area contributed by atoms with Crippen molar-refractivity contribution in [1.29, 1.82) is 0 Å². The first kappa shape index (κ1) is 18.4. The summed E-state index contributed by atoms with van der Waals surface area (Å²) in [5.74, 6) is 2.53. The van der Waals surface area contributed by atoms with E-state index in [-0.39, 0.29) is 24.0 Å². The maximum absolute atomic E-state index is 5.99. The first-order valence-electron chi connectivity index (χ1n) is 7.69. The Balaban J connectivity index is 0.00000208. The molecule has 128 valence electrons. The second kappa shape index (κ2) is 8.77. The maximum atomic E-state index is 5.99. The van der Waals surface area contributed by atoms with E-state index in [0.29, 0.717) is 18.4 Å². The van der Waals surface area contributed by atoms with Gasteiger partial charge in [-0.15, -0.1) is 24.0 Å². The lowest BCUT2D eigenvalue weighted by Gasteiger charge is -2.24. The van der Waals surface area contributed by atoms with Crippen molar-refractivity contribution in [1.82, 2.24) is 0 Å². The highest BCUT2D eigenvalue weighted by Crippen LogP contribution is 2.33. The zero-order valence-corrected chi connectivity index (χ0v) is 15.9. The summed E-state index contributed by atoms with van der Waals surface area (Å²) in [6.07, 6.45) is 0.955. The van der Waals surface area contributed by atoms with Crippen molar-refractivity contribution in [2.24, 2.45) is 10.7 Å². The highest BCUT2D eigenvalue weighted by Gasteiger charge is 2.20. The highest BCUT2D eigenvalue weighted by atomic mass is 127. The Hall–Kier alpha value is -1.96. The van der Waals surface area contributed by atoms with E-state index in [9.17, 15) is 0 Å². The van der Waals surface area contributed by atoms with Crippen molar-refractivity contribution in [2.45, 2.75) is 12.3 Å². The van der Waals surface area contributed by atoms with Gasteiger partial charge in [0.15, 0.2) is 5.96 Å². The van der Waals surface area contributed by atoms with E-state index < -0.39 is 0 Å². The van der Waals surface area contributed by atoms with Gasteiger partial charge in [-0.25, -0.2) is 0 Å². The van der Waals surface area contributed by atoms with Gasteiger partial charge in [0.2, 0.25) is 0 Å². The summed E-state index contributed by atoms with van der Waals surface area (Å²) in [4.78, 5) is 4.48. The molecule has 1 atom stereocenters. The number of nitrogens with two attached hydrogens (primary N) is 1. The summed E-state index contributed by atoms with van der Waals surface area (Å²) in [5.41, 5.74) is 8.09. The molecule has 2 aromatic rings. The number of methoxy groups -OCH3 is 1. The van der Waals surface area contributed by atoms with Crippen LogP contribution in [0.2, 0.25) is 0 Å². The van der Waals surface area contributed by atoms with Gasteiger partial charge in [0.05, 0.1) is 13.7 Å². The Labute approximate surface area is 159 Å². The minimum Gasteiger partial charge on any atom is -0.497 e. The Morgan fingerprint density at radius 1 is 1.25 bits per heavy atom. The lowest BCUT2D eigenvalue weighted by molar-refractivity contribution is 0.269. The van der Waals surface area contributed by atoms with E-state index in [2.05, 4.69) is 16.4 Å². The van der Waals surface area contributed by atoms with Crippen LogP contribution in [0.3, 0.4) is 0 Å². The molecule has 3 rings (SSSR count). The molecule has 0 spiro atoms. The molecular formula is C18H22IN3O2. The van der Waals surface area contributed by atoms with E-state index in [1.807, 2.05) is 42.5 Å². The van der Waals surface area contributed by atoms with Crippen molar-refractivity contribution in [2.75, 3.05) is 25.6 Å². The van der Waals surface area contributed by atoms with Crippen molar-refractivity contribution in [3.8, 4) is 11.5 Å². The predicted octanol–water partition coefficient (Wildman–Crippen LogP) is 3.61. The van der Waals surface area contributed by atoms with Crippen LogP contribution in [0.15, 0.2) is 53.5 Å². The zero-order valence-electron chi connectivity index (χ0n) is 13.6. The number of anilines is 1. The number of nitrogens with one attached hydrogen (secondary N) is 1. The molecule has 3 N–H and O–H groups in total. The summed E-state index contributed by atoms with van der Waals surface area (Å²) in [6, 6.07) is 15.7. The molecule has 6 heteroatoms. The van der Waals surface area contributed by atoms with Crippen LogP contribution in [0.1, 0.15) is 17.9 Å². The number of nitrogens with zero attached hydrogens (tertiary/aromatic N) is 1. The minimum absolute atomic E-state index is 0. The number of guanidine groups is 1. The predicted molar refractivity (Wildman–Crippen MR) is 108 cm³/mol. The summed E-state index contributed by atoms with van der Waals surface area (Å²) in [7, 11) is 1.64. The number of fused-ring (bicyclic) bond motifs is 1. The number of para-hydroxylation sites is 1. The van der Waals surface area contributed by atoms with Gasteiger partial charge >= 0.3 is 0 Å². The van der Waals surface area contributed by atoms with Crippen LogP contribution in [0.5, 0.6) is 11.5 Å². The van der Waals surface area contributed by atoms with Gasteiger partial charge in [-0.3, -0.25) is 4.99 Å². The molecule has 1 unspecified atom stereocenters. The fraction of sp³-hybridized carbons (Fsp3) is 0.278. The van der Waals surface area contributed by atoms with E-state index in [4.69, 9.17) is 15.2 Å². The smallest absolute Gasteiger partial charge is 0.193 e. The average Bonchev–Trinajstić information content (AvgIpc) is 2.60. The molecule has 1 aliphatic heterocycles. The quantitative estimate of drug-likeness (QED) is 0.434. The van der Waals surface area contributed by atoms with Crippen molar-refractivity contribution in [3.05, 3.63) is 54.1 Å². The largest absolute Gasteiger partial charge is 0.497 e. The Kier molecular flexibility index (Phi) is 6.72. The van der Waals surface area contributed by atoms with Gasteiger partial charge in [0, 0.05) is 18.2 Å². The lowest BCUT2D eigenvalue weighted by atomic mass is 9.93. The fourth-order valence-electron chi connectivity index (χ4n) is 2.68. The van der Waals surface area contributed by atoms with Crippen LogP contribution in [0, 0.1) is 0 Å². The Bertz CT molecular complexity index is 689. The van der Waals surface area contributed by atoms with E-state index in [1.165, 1.54) is 5.56 Å². The monoisotopic (exact) mass is 439 g/mol. The van der Waals surface area contributed by atoms with Crippen LogP contribution in [-0.4, -0.2) is 26.2 Å². The average molecular weight is 439 g/mol. The molecular weight excluding hydrogens is 417 g/mol. The molecule has 0 aromatic heterocycles. The Morgan fingerprint density at radius 3 is 2.75 bits per heavy atom. The van der Waals surface area contributed by atoms with Crippen LogP contribution in [0.25, 0.3) is 0 Å². The maximum Gasteiger partial charge on any atom is 0.193 e. The SMILES string of the molecule is COc1ccc(NC(N)=NCC2CCOc3ccccc32)cc1.I. The third-order valence-corrected chi connectivity index (χ3v) is 3.93. The number of aliphatic imine (C=N–C) groups is 1. The number of ether oxygens (including phenoxy) is 2. The molecule has 2 aromatic carbocycles. The first-order valence-corrected chi connectivity index (χ1v) is 7.69. The van der Waals surface area contributed by atoms with Gasteiger partial charge in [-0.05, 0) is 42.3 Å². The van der Waals surface area contributed by atoms with Gasteiger partial charge in [0.1, 0.15) is 11.5 Å². The number of hydrogen-bond donors (Lipinski definition) is 2. The molecule has 1 aliphatic rings. The topological polar surface area (TPSA) is 68.9 Å². The number of halogens is 1. The number of rotatable bonds is 4. The van der Waals surface area contributed by atoms with Crippen LogP contribution in [0.4, 0.5) is 5.69 Å². The summed E-state index contributed by atoms with van der Waals surface area (Å²) in [6.45, 7) is 1.37. The number of hydrogen-bond acceptors (Lipinski definition) is 3. The van der Waals surface area contributed by atoms with Gasteiger partial charge in [-0.2, -0.15) is 0 Å². The molecule has 0 saturated carbocycles. The molecule has 1 heterocycles. The summed E-state index contributed by atoms with van der Waals surface area (Å²) >= 11 is 0. The minimum atomic E-state index is 0. The molecule has 0 saturated heterocycles. The standard InChI is InChI=1S/C18H21N3O2.HI/c1-22-15-8-6-14(7-9-15)21-18(19)20-12-13-10-11-23-17-5-3-2-4-16(13)17;/h2-9,13H,10-12H2,1H3,(H3,19,20,21);1H. The normalized spacial score (nSPS) is 16.4. The summed E-state index contributed by atoms with van der Waals surface area (Å²) < 4.78 is 10.8. The fourth-order valence-corrected chi connectivity index (χ4v) is 2.68. The van der Waals surface area contributed by atoms with Crippen LogP contribution < -0.4 is 20.5 Å². The molecule has 0 aliphatic carbocycles. The molecule has 0 bridgehead atoms. The van der Waals surface area contributed by atoms with E-state index in [0.717, 1.165) is 30.2 Å². The van der Waals surface area contributed by atoms with Crippen molar-refractivity contribution >= 4 is 35.6 Å². The van der Waals surface area contributed by atoms with Gasteiger partial charge in [0.25, 0.3) is 0 Å². The van der Waals surface area contributed by atoms with Gasteiger partial charge < -0.3 is 20.5 Å². The molecule has 0 amide bonds. The molecule has 0 radical (unpaired) electrons. The summed E-state index contributed by atoms with van der Waals surface area (Å²) in [5, 5.41) is 3.10. The lowest BCUT2D eigenvalue weighted by Crippen LogP contribution is -2.24. The molecule has 24 heavy (non-hydrogen) atoms. The molecule has 5 nitrogen and oxygen atoms in total. The third kappa shape index (κ3) is 4.53. The second-order valence-corrected chi connectivity index (χ2v) is 5.45. The van der Waals surface area contributed by atoms with Crippen LogP contribution >= 0.6 is 24.0 Å². The highest BCUT2D eigenvalue weighted by molar-refractivity contribution is 14.0. The molecule has 0 fully saturated rings. The van der Waals surface area contributed by atoms with Crippen molar-refractivity contribution in [3.63, 3.8) is 0 Å². The van der Waals surface area contributed by atoms with E-state index in [1.54, 1.807) is 7.11 Å². The van der Waals surface area contributed by atoms with Crippen LogP contribution in [-0.2, 0) is 0 Å². The third-order valence-electron chi connectivity index (χ3n) is 3.93. The second-order valence-electron chi connectivity index (χ2n) is 5.45.